The van der Waals surface area contributed by atoms with Crippen molar-refractivity contribution in [2.75, 3.05) is 26.2 Å². The third-order valence-corrected chi connectivity index (χ3v) is 5.10. The molecular formula is C22H39NO. The van der Waals surface area contributed by atoms with E-state index in [0.717, 1.165) is 19.7 Å². The number of rotatable bonds is 6. The summed E-state index contributed by atoms with van der Waals surface area (Å²) in [6.07, 6.45) is 2.73. The molecule has 138 valence electrons. The van der Waals surface area contributed by atoms with Gasteiger partial charge in [-0.15, -0.1) is 0 Å². The zero-order valence-corrected chi connectivity index (χ0v) is 17.1. The molecule has 1 saturated heterocycles. The predicted octanol–water partition coefficient (Wildman–Crippen LogP) is 5.30. The molecule has 0 bridgehead atoms. The Morgan fingerprint density at radius 1 is 1.21 bits per heavy atom. The molecule has 0 radical (unpaired) electrons. The summed E-state index contributed by atoms with van der Waals surface area (Å²) in [7, 11) is 0. The van der Waals surface area contributed by atoms with Crippen LogP contribution in [0.5, 0.6) is 0 Å². The lowest BCUT2D eigenvalue weighted by molar-refractivity contribution is -0.0222. The van der Waals surface area contributed by atoms with E-state index in [-0.39, 0.29) is 5.41 Å². The molecule has 1 heterocycles. The Balaban J connectivity index is 0.00000139. The van der Waals surface area contributed by atoms with Crippen LogP contribution in [-0.2, 0) is 16.6 Å². The van der Waals surface area contributed by atoms with Crippen LogP contribution in [0.15, 0.2) is 24.3 Å². The van der Waals surface area contributed by atoms with Gasteiger partial charge < -0.3 is 4.74 Å². The van der Waals surface area contributed by atoms with Crippen LogP contribution in [0.4, 0.5) is 0 Å². The molecule has 0 spiro atoms. The van der Waals surface area contributed by atoms with Crippen molar-refractivity contribution >= 4 is 0 Å². The zero-order valence-electron chi connectivity index (χ0n) is 17.1. The molecule has 0 amide bonds. The van der Waals surface area contributed by atoms with Crippen molar-refractivity contribution in [1.82, 2.24) is 4.90 Å². The van der Waals surface area contributed by atoms with Crippen LogP contribution < -0.4 is 0 Å². The quantitative estimate of drug-likeness (QED) is 0.700. The van der Waals surface area contributed by atoms with Crippen molar-refractivity contribution in [3.8, 4) is 0 Å². The minimum atomic E-state index is 0.286. The van der Waals surface area contributed by atoms with Crippen molar-refractivity contribution in [2.45, 2.75) is 72.8 Å². The first kappa shape index (κ1) is 21.2. The van der Waals surface area contributed by atoms with Gasteiger partial charge in [-0.1, -0.05) is 65.8 Å². The summed E-state index contributed by atoms with van der Waals surface area (Å²) >= 11 is 0. The zero-order chi connectivity index (χ0) is 18.2. The molecule has 0 N–H and O–H groups in total. The third kappa shape index (κ3) is 6.57. The van der Waals surface area contributed by atoms with Gasteiger partial charge in [-0.25, -0.2) is 0 Å². The molecule has 1 fully saturated rings. The Morgan fingerprint density at radius 3 is 2.38 bits per heavy atom. The van der Waals surface area contributed by atoms with Crippen molar-refractivity contribution < 1.29 is 4.74 Å². The lowest BCUT2D eigenvalue weighted by atomic mass is 9.82. The molecular weight excluding hydrogens is 294 g/mol. The van der Waals surface area contributed by atoms with Crippen LogP contribution in [0.3, 0.4) is 0 Å². The van der Waals surface area contributed by atoms with Crippen LogP contribution >= 0.6 is 0 Å². The molecule has 1 aromatic rings. The van der Waals surface area contributed by atoms with Crippen LogP contribution in [0, 0.1) is 5.92 Å². The topological polar surface area (TPSA) is 12.5 Å². The standard InChI is InChI=1S/C20H33NO.C2H6/c1-6-20(4,5)19-9-7-18(8-10-19)13-16(2)14-21-11-12-22-17(3)15-21;1-2/h7-10,16-17H,6,11-15H2,1-5H3;1-2H3/t16?,17-;/m0./s1. The van der Waals surface area contributed by atoms with E-state index < -0.39 is 0 Å². The van der Waals surface area contributed by atoms with E-state index >= 15 is 0 Å². The minimum absolute atomic E-state index is 0.286. The van der Waals surface area contributed by atoms with Gasteiger partial charge in [0.1, 0.15) is 0 Å². The molecule has 1 aromatic carbocycles. The third-order valence-electron chi connectivity index (χ3n) is 5.10. The second-order valence-electron chi connectivity index (χ2n) is 7.68. The summed E-state index contributed by atoms with van der Waals surface area (Å²) in [5, 5.41) is 0. The van der Waals surface area contributed by atoms with Crippen LogP contribution in [0.1, 0.15) is 66.0 Å². The van der Waals surface area contributed by atoms with E-state index in [9.17, 15) is 0 Å². The molecule has 0 aliphatic carbocycles. The largest absolute Gasteiger partial charge is 0.376 e. The normalized spacial score (nSPS) is 20.2. The van der Waals surface area contributed by atoms with Crippen LogP contribution in [0.2, 0.25) is 0 Å². The molecule has 0 saturated carbocycles. The maximum atomic E-state index is 5.62. The highest BCUT2D eigenvalue weighted by atomic mass is 16.5. The summed E-state index contributed by atoms with van der Waals surface area (Å²) in [5.41, 5.74) is 3.20. The predicted molar refractivity (Wildman–Crippen MR) is 106 cm³/mol. The molecule has 1 aliphatic heterocycles. The van der Waals surface area contributed by atoms with Gasteiger partial charge in [-0.3, -0.25) is 4.90 Å². The SMILES string of the molecule is CC.CCC(C)(C)c1ccc(CC(C)CN2CCO[C@@H](C)C2)cc1. The van der Waals surface area contributed by atoms with E-state index in [1.807, 2.05) is 13.8 Å². The average molecular weight is 334 g/mol. The van der Waals surface area contributed by atoms with Gasteiger partial charge in [0.25, 0.3) is 0 Å². The molecule has 1 unspecified atom stereocenters. The number of morpholine rings is 1. The number of ether oxygens (including phenoxy) is 1. The number of hydrogen-bond donors (Lipinski definition) is 0. The van der Waals surface area contributed by atoms with Crippen LogP contribution in [-0.4, -0.2) is 37.2 Å². The highest BCUT2D eigenvalue weighted by Crippen LogP contribution is 2.27. The highest BCUT2D eigenvalue weighted by molar-refractivity contribution is 5.28. The second-order valence-corrected chi connectivity index (χ2v) is 7.68. The van der Waals surface area contributed by atoms with Crippen molar-refractivity contribution in [2.24, 2.45) is 5.92 Å². The van der Waals surface area contributed by atoms with E-state index in [4.69, 9.17) is 4.74 Å². The van der Waals surface area contributed by atoms with Gasteiger partial charge >= 0.3 is 0 Å². The first-order chi connectivity index (χ1) is 11.4. The number of hydrogen-bond acceptors (Lipinski definition) is 2. The Morgan fingerprint density at radius 2 is 1.83 bits per heavy atom. The maximum Gasteiger partial charge on any atom is 0.0674 e. The van der Waals surface area contributed by atoms with Crippen molar-refractivity contribution in [1.29, 1.82) is 0 Å². The Kier molecular flexibility index (Phi) is 9.01. The van der Waals surface area contributed by atoms with Gasteiger partial charge in [-0.05, 0) is 42.2 Å². The molecule has 1 aliphatic rings. The Hall–Kier alpha value is -0.860. The highest BCUT2D eigenvalue weighted by Gasteiger charge is 2.19. The summed E-state index contributed by atoms with van der Waals surface area (Å²) in [5.74, 6) is 0.690. The van der Waals surface area contributed by atoms with Gasteiger partial charge in [0.15, 0.2) is 0 Å². The molecule has 2 atom stereocenters. The molecule has 2 heteroatoms. The summed E-state index contributed by atoms with van der Waals surface area (Å²) in [6, 6.07) is 9.29. The maximum absolute atomic E-state index is 5.62. The van der Waals surface area contributed by atoms with Crippen LogP contribution in [0.25, 0.3) is 0 Å². The second kappa shape index (κ2) is 10.2. The fraction of sp³-hybridized carbons (Fsp3) is 0.727. The smallest absolute Gasteiger partial charge is 0.0674 e. The first-order valence-electron chi connectivity index (χ1n) is 9.84. The number of nitrogens with zero attached hydrogens (tertiary/aromatic N) is 1. The minimum Gasteiger partial charge on any atom is -0.376 e. The van der Waals surface area contributed by atoms with E-state index in [0.29, 0.717) is 12.0 Å². The molecule has 0 aromatic heterocycles. The first-order valence-corrected chi connectivity index (χ1v) is 9.84. The summed E-state index contributed by atoms with van der Waals surface area (Å²) in [4.78, 5) is 2.55. The van der Waals surface area contributed by atoms with E-state index in [1.54, 1.807) is 0 Å². The van der Waals surface area contributed by atoms with Crippen molar-refractivity contribution in [3.05, 3.63) is 35.4 Å². The summed E-state index contributed by atoms with van der Waals surface area (Å²) < 4.78 is 5.62. The lowest BCUT2D eigenvalue weighted by Gasteiger charge is -2.33. The van der Waals surface area contributed by atoms with Gasteiger partial charge in [0.2, 0.25) is 0 Å². The molecule has 2 rings (SSSR count). The molecule has 2 nitrogen and oxygen atoms in total. The van der Waals surface area contributed by atoms with E-state index in [1.165, 1.54) is 30.5 Å². The Bertz CT molecular complexity index is 452. The fourth-order valence-electron chi connectivity index (χ4n) is 3.26. The fourth-order valence-corrected chi connectivity index (χ4v) is 3.26. The van der Waals surface area contributed by atoms with Gasteiger partial charge in [-0.2, -0.15) is 0 Å². The van der Waals surface area contributed by atoms with Gasteiger partial charge in [0.05, 0.1) is 12.7 Å². The van der Waals surface area contributed by atoms with Crippen molar-refractivity contribution in [3.63, 3.8) is 0 Å². The monoisotopic (exact) mass is 333 g/mol. The lowest BCUT2D eigenvalue weighted by Crippen LogP contribution is -2.43. The number of benzene rings is 1. The molecule has 24 heavy (non-hydrogen) atoms. The Labute approximate surface area is 150 Å². The summed E-state index contributed by atoms with van der Waals surface area (Å²) in [6.45, 7) is 19.7. The van der Waals surface area contributed by atoms with Gasteiger partial charge in [0, 0.05) is 19.6 Å². The average Bonchev–Trinajstić information content (AvgIpc) is 2.57. The van der Waals surface area contributed by atoms with E-state index in [2.05, 4.69) is 63.8 Å².